The van der Waals surface area contributed by atoms with E-state index in [9.17, 15) is 4.79 Å². The molecule has 0 unspecified atom stereocenters. The fourth-order valence-electron chi connectivity index (χ4n) is 1.19. The number of terminal acetylenes is 1. The van der Waals surface area contributed by atoms with E-state index >= 15 is 0 Å². The highest BCUT2D eigenvalue weighted by atomic mass is 16.5. The van der Waals surface area contributed by atoms with Crippen molar-refractivity contribution in [1.82, 2.24) is 0 Å². The van der Waals surface area contributed by atoms with Gasteiger partial charge in [0.25, 0.3) is 0 Å². The maximum Gasteiger partial charge on any atom is 0.384 e. The maximum atomic E-state index is 10.6. The van der Waals surface area contributed by atoms with Crippen molar-refractivity contribution in [3.63, 3.8) is 0 Å². The SMILES string of the molecule is C#CC(=O)OCCc1ccccc1C. The highest BCUT2D eigenvalue weighted by Crippen LogP contribution is 2.07. The molecule has 0 saturated carbocycles. The maximum absolute atomic E-state index is 10.6. The van der Waals surface area contributed by atoms with Crippen LogP contribution in [0.5, 0.6) is 0 Å². The van der Waals surface area contributed by atoms with E-state index in [2.05, 4.69) is 0 Å². The minimum atomic E-state index is -0.599. The molecule has 0 aliphatic rings. The fourth-order valence-corrected chi connectivity index (χ4v) is 1.19. The van der Waals surface area contributed by atoms with E-state index in [-0.39, 0.29) is 0 Å². The lowest BCUT2D eigenvalue weighted by molar-refractivity contribution is -0.136. The van der Waals surface area contributed by atoms with Gasteiger partial charge in [-0.05, 0) is 18.1 Å². The van der Waals surface area contributed by atoms with Gasteiger partial charge in [0.15, 0.2) is 0 Å². The van der Waals surface area contributed by atoms with Gasteiger partial charge in [-0.1, -0.05) is 24.3 Å². The first-order valence-corrected chi connectivity index (χ1v) is 4.42. The molecule has 72 valence electrons. The zero-order valence-electron chi connectivity index (χ0n) is 8.12. The Morgan fingerprint density at radius 1 is 1.50 bits per heavy atom. The van der Waals surface area contributed by atoms with E-state index in [1.807, 2.05) is 37.1 Å². The molecule has 0 aromatic heterocycles. The zero-order valence-corrected chi connectivity index (χ0v) is 8.12. The minimum absolute atomic E-state index is 0.341. The van der Waals surface area contributed by atoms with Crippen LogP contribution in [0.2, 0.25) is 0 Å². The number of carbonyl (C=O) groups is 1. The van der Waals surface area contributed by atoms with Crippen LogP contribution in [0, 0.1) is 19.3 Å². The topological polar surface area (TPSA) is 26.3 Å². The molecule has 2 heteroatoms. The molecule has 0 fully saturated rings. The van der Waals surface area contributed by atoms with Gasteiger partial charge in [-0.15, -0.1) is 6.42 Å². The van der Waals surface area contributed by atoms with E-state index in [4.69, 9.17) is 11.2 Å². The Morgan fingerprint density at radius 2 is 2.21 bits per heavy atom. The highest BCUT2D eigenvalue weighted by molar-refractivity contribution is 5.87. The first kappa shape index (κ1) is 10.3. The standard InChI is InChI=1S/C12H12O2/c1-3-12(13)14-9-8-11-7-5-4-6-10(11)2/h1,4-7H,8-9H2,2H3. The molecule has 0 N–H and O–H groups in total. The Hall–Kier alpha value is -1.75. The molecule has 0 spiro atoms. The van der Waals surface area contributed by atoms with Crippen LogP contribution in [0.15, 0.2) is 24.3 Å². The van der Waals surface area contributed by atoms with Crippen molar-refractivity contribution in [2.24, 2.45) is 0 Å². The summed E-state index contributed by atoms with van der Waals surface area (Å²) in [6.07, 6.45) is 5.57. The van der Waals surface area contributed by atoms with E-state index < -0.39 is 5.97 Å². The van der Waals surface area contributed by atoms with Gasteiger partial charge in [0.05, 0.1) is 6.61 Å². The lowest BCUT2D eigenvalue weighted by atomic mass is 10.1. The van der Waals surface area contributed by atoms with Crippen LogP contribution in [0.3, 0.4) is 0 Å². The summed E-state index contributed by atoms with van der Waals surface area (Å²) in [4.78, 5) is 10.6. The highest BCUT2D eigenvalue weighted by Gasteiger charge is 1.99. The van der Waals surface area contributed by atoms with Crippen molar-refractivity contribution in [3.8, 4) is 12.3 Å². The van der Waals surface area contributed by atoms with Crippen LogP contribution in [0.1, 0.15) is 11.1 Å². The Labute approximate surface area is 83.9 Å². The number of carbonyl (C=O) groups excluding carboxylic acids is 1. The third-order valence-electron chi connectivity index (χ3n) is 1.98. The summed E-state index contributed by atoms with van der Waals surface area (Å²) < 4.78 is 4.78. The van der Waals surface area contributed by atoms with Gasteiger partial charge >= 0.3 is 5.97 Å². The summed E-state index contributed by atoms with van der Waals surface area (Å²) in [6, 6.07) is 7.98. The normalized spacial score (nSPS) is 9.14. The van der Waals surface area contributed by atoms with Crippen molar-refractivity contribution >= 4 is 5.97 Å². The van der Waals surface area contributed by atoms with Gasteiger partial charge in [-0.3, -0.25) is 0 Å². The summed E-state index contributed by atoms with van der Waals surface area (Å²) in [6.45, 7) is 2.37. The Bertz CT molecular complexity index is 361. The number of hydrogen-bond acceptors (Lipinski definition) is 2. The van der Waals surface area contributed by atoms with E-state index in [0.29, 0.717) is 13.0 Å². The lowest BCUT2D eigenvalue weighted by Crippen LogP contribution is -2.05. The summed E-state index contributed by atoms with van der Waals surface area (Å²) in [5.41, 5.74) is 2.38. The van der Waals surface area contributed by atoms with Crippen LogP contribution < -0.4 is 0 Å². The van der Waals surface area contributed by atoms with E-state index in [1.165, 1.54) is 11.1 Å². The molecule has 2 nitrogen and oxygen atoms in total. The molecule has 14 heavy (non-hydrogen) atoms. The molecule has 1 rings (SSSR count). The second kappa shape index (κ2) is 5.08. The third-order valence-corrected chi connectivity index (χ3v) is 1.98. The van der Waals surface area contributed by atoms with Crippen molar-refractivity contribution in [1.29, 1.82) is 0 Å². The van der Waals surface area contributed by atoms with Crippen LogP contribution >= 0.6 is 0 Å². The first-order chi connectivity index (χ1) is 6.74. The summed E-state index contributed by atoms with van der Waals surface area (Å²) in [5.74, 6) is 1.31. The molecule has 1 aromatic rings. The monoisotopic (exact) mass is 188 g/mol. The molecule has 0 bridgehead atoms. The number of ether oxygens (including phenoxy) is 1. The third kappa shape index (κ3) is 2.95. The Balaban J connectivity index is 2.43. The molecule has 0 amide bonds. The fraction of sp³-hybridized carbons (Fsp3) is 0.250. The van der Waals surface area contributed by atoms with Crippen molar-refractivity contribution in [2.45, 2.75) is 13.3 Å². The largest absolute Gasteiger partial charge is 0.456 e. The second-order valence-electron chi connectivity index (χ2n) is 2.96. The van der Waals surface area contributed by atoms with Crippen molar-refractivity contribution in [2.75, 3.05) is 6.61 Å². The first-order valence-electron chi connectivity index (χ1n) is 4.42. The predicted molar refractivity (Wildman–Crippen MR) is 54.7 cm³/mol. The molecule has 1 aromatic carbocycles. The smallest absolute Gasteiger partial charge is 0.384 e. The van der Waals surface area contributed by atoms with Crippen LogP contribution in [-0.2, 0) is 16.0 Å². The molecule has 0 radical (unpaired) electrons. The summed E-state index contributed by atoms with van der Waals surface area (Å²) >= 11 is 0. The number of hydrogen-bond donors (Lipinski definition) is 0. The van der Waals surface area contributed by atoms with Gasteiger partial charge in [0, 0.05) is 12.3 Å². The van der Waals surface area contributed by atoms with Gasteiger partial charge in [-0.25, -0.2) is 4.79 Å². The van der Waals surface area contributed by atoms with Gasteiger partial charge in [-0.2, -0.15) is 0 Å². The number of benzene rings is 1. The number of esters is 1. The molecule has 0 aliphatic carbocycles. The number of rotatable bonds is 3. The number of aryl methyl sites for hydroxylation is 1. The summed E-state index contributed by atoms with van der Waals surface area (Å²) in [7, 11) is 0. The molecule has 0 aliphatic heterocycles. The molecule has 0 heterocycles. The Kier molecular flexibility index (Phi) is 3.75. The van der Waals surface area contributed by atoms with Gasteiger partial charge < -0.3 is 4.74 Å². The van der Waals surface area contributed by atoms with Gasteiger partial charge in [0.2, 0.25) is 0 Å². The Morgan fingerprint density at radius 3 is 2.86 bits per heavy atom. The van der Waals surface area contributed by atoms with E-state index in [1.54, 1.807) is 0 Å². The van der Waals surface area contributed by atoms with Crippen LogP contribution in [-0.4, -0.2) is 12.6 Å². The minimum Gasteiger partial charge on any atom is -0.456 e. The molecule has 0 atom stereocenters. The zero-order chi connectivity index (χ0) is 10.4. The lowest BCUT2D eigenvalue weighted by Gasteiger charge is -2.04. The average molecular weight is 188 g/mol. The predicted octanol–water partition coefficient (Wildman–Crippen LogP) is 1.71. The second-order valence-corrected chi connectivity index (χ2v) is 2.96. The van der Waals surface area contributed by atoms with Crippen LogP contribution in [0.4, 0.5) is 0 Å². The van der Waals surface area contributed by atoms with E-state index in [0.717, 1.165) is 0 Å². The molecular formula is C12H12O2. The molecule has 0 saturated heterocycles. The summed E-state index contributed by atoms with van der Waals surface area (Å²) in [5, 5.41) is 0. The van der Waals surface area contributed by atoms with Crippen LogP contribution in [0.25, 0.3) is 0 Å². The molecular weight excluding hydrogens is 176 g/mol. The van der Waals surface area contributed by atoms with Crippen molar-refractivity contribution in [3.05, 3.63) is 35.4 Å². The van der Waals surface area contributed by atoms with Crippen molar-refractivity contribution < 1.29 is 9.53 Å². The average Bonchev–Trinajstić information content (AvgIpc) is 2.20. The quantitative estimate of drug-likeness (QED) is 0.410. The van der Waals surface area contributed by atoms with Gasteiger partial charge in [0.1, 0.15) is 0 Å².